The van der Waals surface area contributed by atoms with Crippen LogP contribution < -0.4 is 5.73 Å². The minimum Gasteiger partial charge on any atom is -0.330 e. The second-order valence-corrected chi connectivity index (χ2v) is 6.29. The maximum Gasteiger partial charge on any atom is 0.0223 e. The lowest BCUT2D eigenvalue weighted by atomic mass is 9.87. The molecule has 2 saturated heterocycles. The fraction of sp³-hybridized carbons (Fsp3) is 1.00. The van der Waals surface area contributed by atoms with E-state index in [9.17, 15) is 0 Å². The molecule has 3 nitrogen and oxygen atoms in total. The van der Waals surface area contributed by atoms with Crippen molar-refractivity contribution in [3.63, 3.8) is 0 Å². The highest BCUT2D eigenvalue weighted by atomic mass is 15.3. The monoisotopic (exact) mass is 239 g/mol. The van der Waals surface area contributed by atoms with Gasteiger partial charge in [0.1, 0.15) is 0 Å². The van der Waals surface area contributed by atoms with Crippen LogP contribution in [0.5, 0.6) is 0 Å². The van der Waals surface area contributed by atoms with Crippen LogP contribution in [0.3, 0.4) is 0 Å². The summed E-state index contributed by atoms with van der Waals surface area (Å²) in [6, 6.07) is 0.830. The van der Waals surface area contributed by atoms with E-state index in [-0.39, 0.29) is 0 Å². The molecule has 2 N–H and O–H groups in total. The lowest BCUT2D eigenvalue weighted by Crippen LogP contribution is -2.44. The Morgan fingerprint density at radius 2 is 2.00 bits per heavy atom. The summed E-state index contributed by atoms with van der Waals surface area (Å²) in [6.45, 7) is 11.8. The molecule has 2 fully saturated rings. The normalized spacial score (nSPS) is 30.9. The Kier molecular flexibility index (Phi) is 4.45. The summed E-state index contributed by atoms with van der Waals surface area (Å²) in [7, 11) is 0. The van der Waals surface area contributed by atoms with Crippen molar-refractivity contribution in [2.24, 2.45) is 11.1 Å². The number of fused-ring (bicyclic) bond motifs is 1. The van der Waals surface area contributed by atoms with Gasteiger partial charge in [-0.15, -0.1) is 0 Å². The molecule has 0 amide bonds. The predicted octanol–water partition coefficient (Wildman–Crippen LogP) is 1.53. The maximum absolute atomic E-state index is 5.94. The molecule has 0 bridgehead atoms. The first-order chi connectivity index (χ1) is 8.17. The molecule has 2 rings (SSSR count). The lowest BCUT2D eigenvalue weighted by molar-refractivity contribution is 0.151. The average Bonchev–Trinajstić information content (AvgIpc) is 2.68. The van der Waals surface area contributed by atoms with E-state index in [1.54, 1.807) is 0 Å². The predicted molar refractivity (Wildman–Crippen MR) is 73.1 cm³/mol. The van der Waals surface area contributed by atoms with Crippen LogP contribution in [0.2, 0.25) is 0 Å². The quantitative estimate of drug-likeness (QED) is 0.807. The molecule has 0 aromatic carbocycles. The zero-order valence-corrected chi connectivity index (χ0v) is 11.6. The van der Waals surface area contributed by atoms with Gasteiger partial charge in [0, 0.05) is 19.1 Å². The number of hydrogen-bond acceptors (Lipinski definition) is 3. The van der Waals surface area contributed by atoms with Gasteiger partial charge in [-0.1, -0.05) is 13.8 Å². The topological polar surface area (TPSA) is 32.5 Å². The van der Waals surface area contributed by atoms with Gasteiger partial charge < -0.3 is 10.6 Å². The molecule has 2 atom stereocenters. The van der Waals surface area contributed by atoms with Gasteiger partial charge in [-0.3, -0.25) is 4.90 Å². The van der Waals surface area contributed by atoms with Crippen LogP contribution in [-0.4, -0.2) is 55.1 Å². The SMILES string of the molecule is CCC(C)(CN)CN1CCCN2CCCC2C1. The number of nitrogens with two attached hydrogens (primary N) is 1. The highest BCUT2D eigenvalue weighted by Crippen LogP contribution is 2.25. The van der Waals surface area contributed by atoms with Crippen molar-refractivity contribution < 1.29 is 0 Å². The highest BCUT2D eigenvalue weighted by molar-refractivity contribution is 4.87. The van der Waals surface area contributed by atoms with E-state index >= 15 is 0 Å². The van der Waals surface area contributed by atoms with Crippen LogP contribution in [-0.2, 0) is 0 Å². The van der Waals surface area contributed by atoms with E-state index in [0.29, 0.717) is 5.41 Å². The zero-order valence-electron chi connectivity index (χ0n) is 11.6. The Morgan fingerprint density at radius 3 is 2.71 bits per heavy atom. The van der Waals surface area contributed by atoms with Crippen molar-refractivity contribution in [1.29, 1.82) is 0 Å². The first kappa shape index (κ1) is 13.3. The van der Waals surface area contributed by atoms with Crippen LogP contribution in [0.25, 0.3) is 0 Å². The van der Waals surface area contributed by atoms with Gasteiger partial charge in [0.25, 0.3) is 0 Å². The Hall–Kier alpha value is -0.120. The molecule has 2 aliphatic heterocycles. The fourth-order valence-electron chi connectivity index (χ4n) is 3.29. The minimum absolute atomic E-state index is 0.313. The molecule has 100 valence electrons. The summed E-state index contributed by atoms with van der Waals surface area (Å²) >= 11 is 0. The summed E-state index contributed by atoms with van der Waals surface area (Å²) in [4.78, 5) is 5.37. The maximum atomic E-state index is 5.94. The molecular weight excluding hydrogens is 210 g/mol. The molecule has 0 spiro atoms. The van der Waals surface area contributed by atoms with E-state index in [2.05, 4.69) is 23.6 Å². The zero-order chi connectivity index (χ0) is 12.3. The second-order valence-electron chi connectivity index (χ2n) is 6.29. The van der Waals surface area contributed by atoms with E-state index in [0.717, 1.165) is 12.6 Å². The van der Waals surface area contributed by atoms with Gasteiger partial charge in [0.05, 0.1) is 0 Å². The van der Waals surface area contributed by atoms with E-state index < -0.39 is 0 Å². The van der Waals surface area contributed by atoms with Crippen LogP contribution in [0.1, 0.15) is 39.5 Å². The van der Waals surface area contributed by atoms with Gasteiger partial charge in [0.2, 0.25) is 0 Å². The molecule has 17 heavy (non-hydrogen) atoms. The molecule has 2 heterocycles. The van der Waals surface area contributed by atoms with Crippen LogP contribution >= 0.6 is 0 Å². The minimum atomic E-state index is 0.313. The third-order valence-corrected chi connectivity index (χ3v) is 4.84. The number of hydrogen-bond donors (Lipinski definition) is 1. The van der Waals surface area contributed by atoms with Gasteiger partial charge >= 0.3 is 0 Å². The fourth-order valence-corrected chi connectivity index (χ4v) is 3.29. The smallest absolute Gasteiger partial charge is 0.0223 e. The average molecular weight is 239 g/mol. The van der Waals surface area contributed by atoms with E-state index in [1.165, 1.54) is 58.4 Å². The van der Waals surface area contributed by atoms with Crippen molar-refractivity contribution in [1.82, 2.24) is 9.80 Å². The molecule has 2 aliphatic rings. The Balaban J connectivity index is 1.92. The first-order valence-corrected chi connectivity index (χ1v) is 7.33. The van der Waals surface area contributed by atoms with Crippen LogP contribution in [0.15, 0.2) is 0 Å². The number of rotatable bonds is 4. The largest absolute Gasteiger partial charge is 0.330 e. The molecule has 2 unspecified atom stereocenters. The van der Waals surface area contributed by atoms with Crippen LogP contribution in [0.4, 0.5) is 0 Å². The Bertz CT molecular complexity index is 238. The molecule has 0 saturated carbocycles. The summed E-state index contributed by atoms with van der Waals surface area (Å²) in [6.07, 6.45) is 5.33. The summed E-state index contributed by atoms with van der Waals surface area (Å²) in [5.74, 6) is 0. The second kappa shape index (κ2) is 5.68. The van der Waals surface area contributed by atoms with Crippen molar-refractivity contribution in [3.05, 3.63) is 0 Å². The third kappa shape index (κ3) is 3.21. The van der Waals surface area contributed by atoms with Gasteiger partial charge in [0.15, 0.2) is 0 Å². The lowest BCUT2D eigenvalue weighted by Gasteiger charge is -2.34. The summed E-state index contributed by atoms with van der Waals surface area (Å²) in [5, 5.41) is 0. The van der Waals surface area contributed by atoms with Crippen molar-refractivity contribution in [2.45, 2.75) is 45.6 Å². The standard InChI is InChI=1S/C14H29N3/c1-3-14(2,11-15)12-16-7-5-9-17-8-4-6-13(17)10-16/h13H,3-12,15H2,1-2H3. The molecule has 0 aromatic rings. The molecule has 3 heteroatoms. The van der Waals surface area contributed by atoms with Gasteiger partial charge in [-0.05, 0) is 57.3 Å². The van der Waals surface area contributed by atoms with Crippen molar-refractivity contribution >= 4 is 0 Å². The van der Waals surface area contributed by atoms with Crippen molar-refractivity contribution in [3.8, 4) is 0 Å². The molecule has 0 aromatic heterocycles. The molecule has 0 radical (unpaired) electrons. The third-order valence-electron chi connectivity index (χ3n) is 4.84. The van der Waals surface area contributed by atoms with Gasteiger partial charge in [-0.2, -0.15) is 0 Å². The molecular formula is C14H29N3. The summed E-state index contributed by atoms with van der Waals surface area (Å²) < 4.78 is 0. The highest BCUT2D eigenvalue weighted by Gasteiger charge is 2.31. The molecule has 0 aliphatic carbocycles. The summed E-state index contributed by atoms with van der Waals surface area (Å²) in [5.41, 5.74) is 6.26. The Labute approximate surface area is 106 Å². The Morgan fingerprint density at radius 1 is 1.24 bits per heavy atom. The van der Waals surface area contributed by atoms with E-state index in [4.69, 9.17) is 5.73 Å². The number of nitrogens with zero attached hydrogens (tertiary/aromatic N) is 2. The van der Waals surface area contributed by atoms with E-state index in [1.807, 2.05) is 0 Å². The van der Waals surface area contributed by atoms with Crippen LogP contribution in [0, 0.1) is 5.41 Å². The van der Waals surface area contributed by atoms with Gasteiger partial charge in [-0.25, -0.2) is 0 Å². The first-order valence-electron chi connectivity index (χ1n) is 7.33. The van der Waals surface area contributed by atoms with Crippen molar-refractivity contribution in [2.75, 3.05) is 39.3 Å².